The normalized spacial score (nSPS) is 10.7. The van der Waals surface area contributed by atoms with Crippen molar-refractivity contribution in [1.29, 1.82) is 0 Å². The third kappa shape index (κ3) is 3.71. The summed E-state index contributed by atoms with van der Waals surface area (Å²) >= 11 is 0. The molecule has 22 heavy (non-hydrogen) atoms. The highest BCUT2D eigenvalue weighted by atomic mass is 16.5. The Morgan fingerprint density at radius 3 is 2.91 bits per heavy atom. The Hall–Kier alpha value is -2.21. The van der Waals surface area contributed by atoms with Crippen LogP contribution in [0.4, 0.5) is 0 Å². The lowest BCUT2D eigenvalue weighted by molar-refractivity contribution is 0.0942. The summed E-state index contributed by atoms with van der Waals surface area (Å²) in [5.74, 6) is -0.209. The summed E-state index contributed by atoms with van der Waals surface area (Å²) in [5, 5.41) is 11.0. The summed E-state index contributed by atoms with van der Waals surface area (Å²) in [6.45, 7) is 5.00. The summed E-state index contributed by atoms with van der Waals surface area (Å²) in [6, 6.07) is 7.88. The van der Waals surface area contributed by atoms with Gasteiger partial charge in [-0.1, -0.05) is 30.7 Å². The molecule has 1 amide bonds. The molecule has 0 atom stereocenters. The van der Waals surface area contributed by atoms with Crippen molar-refractivity contribution in [3.63, 3.8) is 0 Å². The van der Waals surface area contributed by atoms with Gasteiger partial charge in [-0.3, -0.25) is 4.79 Å². The van der Waals surface area contributed by atoms with Crippen LogP contribution in [-0.2, 0) is 11.3 Å². The number of aromatic nitrogens is 3. The zero-order valence-corrected chi connectivity index (χ0v) is 13.3. The van der Waals surface area contributed by atoms with E-state index < -0.39 is 0 Å². The van der Waals surface area contributed by atoms with Crippen molar-refractivity contribution in [3.8, 4) is 5.69 Å². The molecule has 0 fully saturated rings. The molecule has 2 rings (SSSR count). The van der Waals surface area contributed by atoms with Crippen LogP contribution in [0.15, 0.2) is 24.3 Å². The SMILES string of the molecule is CCCCNC(=O)c1nnn(-c2cccc(C)c2)c1COC. The van der Waals surface area contributed by atoms with Gasteiger partial charge in [-0.25, -0.2) is 4.68 Å². The second kappa shape index (κ2) is 7.70. The van der Waals surface area contributed by atoms with E-state index in [1.54, 1.807) is 11.8 Å². The van der Waals surface area contributed by atoms with Gasteiger partial charge in [0.15, 0.2) is 5.69 Å². The molecule has 1 aromatic carbocycles. The van der Waals surface area contributed by atoms with E-state index >= 15 is 0 Å². The van der Waals surface area contributed by atoms with E-state index in [9.17, 15) is 4.79 Å². The van der Waals surface area contributed by atoms with Crippen LogP contribution in [0.2, 0.25) is 0 Å². The van der Waals surface area contributed by atoms with E-state index in [1.165, 1.54) is 0 Å². The van der Waals surface area contributed by atoms with Crippen LogP contribution in [0.1, 0.15) is 41.5 Å². The van der Waals surface area contributed by atoms with E-state index in [4.69, 9.17) is 4.74 Å². The standard InChI is InChI=1S/C16H22N4O2/c1-4-5-9-17-16(21)15-14(11-22-3)20(19-18-15)13-8-6-7-12(2)10-13/h6-8,10H,4-5,9,11H2,1-3H3,(H,17,21). The number of ether oxygens (including phenoxy) is 1. The van der Waals surface area contributed by atoms with Crippen molar-refractivity contribution >= 4 is 5.91 Å². The predicted octanol–water partition coefficient (Wildman–Crippen LogP) is 2.25. The van der Waals surface area contributed by atoms with Gasteiger partial charge in [-0.2, -0.15) is 0 Å². The van der Waals surface area contributed by atoms with Crippen LogP contribution in [0.25, 0.3) is 5.69 Å². The molecule has 6 nitrogen and oxygen atoms in total. The zero-order valence-electron chi connectivity index (χ0n) is 13.3. The maximum atomic E-state index is 12.2. The first-order valence-corrected chi connectivity index (χ1v) is 7.46. The van der Waals surface area contributed by atoms with Gasteiger partial charge < -0.3 is 10.1 Å². The van der Waals surface area contributed by atoms with Gasteiger partial charge in [0.2, 0.25) is 0 Å². The number of nitrogens with one attached hydrogen (secondary N) is 1. The Morgan fingerprint density at radius 1 is 1.41 bits per heavy atom. The van der Waals surface area contributed by atoms with Gasteiger partial charge in [0.25, 0.3) is 5.91 Å². The van der Waals surface area contributed by atoms with E-state index in [2.05, 4.69) is 22.6 Å². The number of hydrogen-bond donors (Lipinski definition) is 1. The minimum atomic E-state index is -0.209. The summed E-state index contributed by atoms with van der Waals surface area (Å²) < 4.78 is 6.87. The van der Waals surface area contributed by atoms with Crippen LogP contribution in [0.3, 0.4) is 0 Å². The first-order valence-electron chi connectivity index (χ1n) is 7.46. The lowest BCUT2D eigenvalue weighted by Crippen LogP contribution is -2.26. The largest absolute Gasteiger partial charge is 0.378 e. The highest BCUT2D eigenvalue weighted by molar-refractivity contribution is 5.93. The lowest BCUT2D eigenvalue weighted by atomic mass is 10.2. The van der Waals surface area contributed by atoms with Crippen molar-refractivity contribution in [3.05, 3.63) is 41.2 Å². The molecule has 1 aromatic heterocycles. The molecular weight excluding hydrogens is 280 g/mol. The van der Waals surface area contributed by atoms with Gasteiger partial charge in [-0.15, -0.1) is 5.10 Å². The number of methoxy groups -OCH3 is 1. The fourth-order valence-corrected chi connectivity index (χ4v) is 2.17. The average Bonchev–Trinajstić information content (AvgIpc) is 2.91. The Bertz CT molecular complexity index is 637. The molecule has 0 radical (unpaired) electrons. The Kier molecular flexibility index (Phi) is 5.66. The van der Waals surface area contributed by atoms with Gasteiger partial charge in [0.1, 0.15) is 5.69 Å². The average molecular weight is 302 g/mol. The first-order chi connectivity index (χ1) is 10.7. The highest BCUT2D eigenvalue weighted by Gasteiger charge is 2.20. The second-order valence-electron chi connectivity index (χ2n) is 5.18. The quantitative estimate of drug-likeness (QED) is 0.797. The second-order valence-corrected chi connectivity index (χ2v) is 5.18. The molecule has 0 bridgehead atoms. The molecule has 0 unspecified atom stereocenters. The highest BCUT2D eigenvalue weighted by Crippen LogP contribution is 2.15. The Labute approximate surface area is 130 Å². The molecule has 0 spiro atoms. The summed E-state index contributed by atoms with van der Waals surface area (Å²) in [4.78, 5) is 12.2. The maximum Gasteiger partial charge on any atom is 0.273 e. The molecule has 6 heteroatoms. The molecule has 1 N–H and O–H groups in total. The number of benzene rings is 1. The molecule has 0 saturated heterocycles. The number of hydrogen-bond acceptors (Lipinski definition) is 4. The van der Waals surface area contributed by atoms with Crippen LogP contribution in [0.5, 0.6) is 0 Å². The summed E-state index contributed by atoms with van der Waals surface area (Å²) in [5.41, 5.74) is 2.96. The third-order valence-electron chi connectivity index (χ3n) is 3.32. The molecule has 2 aromatic rings. The van der Waals surface area contributed by atoms with Crippen LogP contribution >= 0.6 is 0 Å². The zero-order chi connectivity index (χ0) is 15.9. The molecule has 1 heterocycles. The minimum Gasteiger partial charge on any atom is -0.378 e. The van der Waals surface area contributed by atoms with Gasteiger partial charge in [-0.05, 0) is 31.0 Å². The number of nitrogens with zero attached hydrogens (tertiary/aromatic N) is 3. The smallest absolute Gasteiger partial charge is 0.273 e. The molecule has 118 valence electrons. The number of rotatable bonds is 7. The van der Waals surface area contributed by atoms with Gasteiger partial charge in [0, 0.05) is 13.7 Å². The molecular formula is C16H22N4O2. The van der Waals surface area contributed by atoms with Gasteiger partial charge in [0.05, 0.1) is 12.3 Å². The monoisotopic (exact) mass is 302 g/mol. The van der Waals surface area contributed by atoms with Crippen LogP contribution in [0, 0.1) is 6.92 Å². The van der Waals surface area contributed by atoms with Crippen molar-refractivity contribution in [2.45, 2.75) is 33.3 Å². The van der Waals surface area contributed by atoms with Crippen molar-refractivity contribution < 1.29 is 9.53 Å². The Balaban J connectivity index is 2.30. The first kappa shape index (κ1) is 16.2. The van der Waals surface area contributed by atoms with Crippen LogP contribution in [-0.4, -0.2) is 34.6 Å². The number of carbonyl (C=O) groups is 1. The summed E-state index contributed by atoms with van der Waals surface area (Å²) in [7, 11) is 1.59. The topological polar surface area (TPSA) is 69.0 Å². The van der Waals surface area contributed by atoms with E-state index in [-0.39, 0.29) is 12.5 Å². The van der Waals surface area contributed by atoms with Crippen molar-refractivity contribution in [2.75, 3.05) is 13.7 Å². The summed E-state index contributed by atoms with van der Waals surface area (Å²) in [6.07, 6.45) is 1.97. The van der Waals surface area contributed by atoms with E-state index in [0.717, 1.165) is 24.1 Å². The number of carbonyl (C=O) groups excluding carboxylic acids is 1. The molecule has 0 aliphatic carbocycles. The minimum absolute atomic E-state index is 0.209. The van der Waals surface area contributed by atoms with Crippen LogP contribution < -0.4 is 5.32 Å². The molecule has 0 aliphatic rings. The maximum absolute atomic E-state index is 12.2. The Morgan fingerprint density at radius 2 is 2.23 bits per heavy atom. The molecule has 0 aliphatic heterocycles. The molecule has 0 saturated carbocycles. The lowest BCUT2D eigenvalue weighted by Gasteiger charge is -2.08. The number of unbranched alkanes of at least 4 members (excludes halogenated alkanes) is 1. The fraction of sp³-hybridized carbons (Fsp3) is 0.438. The van der Waals surface area contributed by atoms with Gasteiger partial charge >= 0.3 is 0 Å². The van der Waals surface area contributed by atoms with E-state index in [1.807, 2.05) is 31.2 Å². The number of amides is 1. The number of aryl methyl sites for hydroxylation is 1. The predicted molar refractivity (Wildman–Crippen MR) is 84.1 cm³/mol. The van der Waals surface area contributed by atoms with Crippen molar-refractivity contribution in [2.24, 2.45) is 0 Å². The van der Waals surface area contributed by atoms with Crippen molar-refractivity contribution in [1.82, 2.24) is 20.3 Å². The fourth-order valence-electron chi connectivity index (χ4n) is 2.17. The third-order valence-corrected chi connectivity index (χ3v) is 3.32. The van der Waals surface area contributed by atoms with E-state index in [0.29, 0.717) is 17.9 Å².